The monoisotopic (exact) mass is 183 g/mol. The van der Waals surface area contributed by atoms with Gasteiger partial charge in [-0.1, -0.05) is 0 Å². The van der Waals surface area contributed by atoms with Crippen LogP contribution in [0.3, 0.4) is 0 Å². The highest BCUT2D eigenvalue weighted by Gasteiger charge is 2.14. The molecule has 0 radical (unpaired) electrons. The molecule has 0 rings (SSSR count). The summed E-state index contributed by atoms with van der Waals surface area (Å²) in [6.45, 7) is -0.514. The van der Waals surface area contributed by atoms with E-state index in [-0.39, 0.29) is 6.42 Å². The van der Waals surface area contributed by atoms with E-state index in [0.29, 0.717) is 0 Å². The maximum Gasteiger partial charge on any atom is 0.326 e. The van der Waals surface area contributed by atoms with Crippen molar-refractivity contribution in [1.82, 2.24) is 5.32 Å². The van der Waals surface area contributed by atoms with Crippen LogP contribution in [0.5, 0.6) is 0 Å². The van der Waals surface area contributed by atoms with E-state index in [2.05, 4.69) is 0 Å². The highest BCUT2D eigenvalue weighted by molar-refractivity contribution is 7.51. The van der Waals surface area contributed by atoms with E-state index >= 15 is 0 Å². The second kappa shape index (κ2) is 4.46. The third-order valence-electron chi connectivity index (χ3n) is 0.906. The van der Waals surface area contributed by atoms with Gasteiger partial charge >= 0.3 is 7.60 Å². The molecule has 0 aliphatic heterocycles. The van der Waals surface area contributed by atoms with Crippen molar-refractivity contribution in [3.8, 4) is 0 Å². The number of aliphatic hydroxyl groups is 1. The first-order valence-corrected chi connectivity index (χ1v) is 4.67. The summed E-state index contributed by atoms with van der Waals surface area (Å²) in [6, 6.07) is 0. The van der Waals surface area contributed by atoms with Crippen LogP contribution in [0.4, 0.5) is 0 Å². The van der Waals surface area contributed by atoms with E-state index in [1.807, 2.05) is 5.32 Å². The fourth-order valence-electron chi connectivity index (χ4n) is 0.424. The Bertz CT molecular complexity index is 175. The Labute approximate surface area is 63.4 Å². The van der Waals surface area contributed by atoms with Crippen LogP contribution in [-0.2, 0) is 9.36 Å². The molecule has 6 nitrogen and oxygen atoms in total. The van der Waals surface area contributed by atoms with Crippen LogP contribution in [0.1, 0.15) is 6.42 Å². The van der Waals surface area contributed by atoms with Crippen LogP contribution in [0, 0.1) is 0 Å². The Hall–Kier alpha value is -0.420. The molecule has 0 aromatic rings. The Morgan fingerprint density at radius 3 is 2.36 bits per heavy atom. The van der Waals surface area contributed by atoms with Gasteiger partial charge in [0.25, 0.3) is 0 Å². The van der Waals surface area contributed by atoms with Crippen molar-refractivity contribution >= 4 is 13.5 Å². The number of aliphatic hydroxyl groups excluding tert-OH is 1. The molecule has 1 amide bonds. The van der Waals surface area contributed by atoms with Crippen molar-refractivity contribution in [1.29, 1.82) is 0 Å². The molecule has 0 saturated heterocycles. The number of carbonyl (C=O) groups is 1. The lowest BCUT2D eigenvalue weighted by Crippen LogP contribution is -2.24. The van der Waals surface area contributed by atoms with Crippen molar-refractivity contribution in [3.63, 3.8) is 0 Å². The van der Waals surface area contributed by atoms with Gasteiger partial charge in [-0.15, -0.1) is 0 Å². The fourth-order valence-corrected chi connectivity index (χ4v) is 0.918. The summed E-state index contributed by atoms with van der Waals surface area (Å²) >= 11 is 0. The molecule has 0 aromatic heterocycles. The zero-order valence-electron chi connectivity index (χ0n) is 5.73. The highest BCUT2D eigenvalue weighted by atomic mass is 31.2. The molecule has 0 aliphatic rings. The van der Waals surface area contributed by atoms with Crippen LogP contribution >= 0.6 is 7.60 Å². The van der Waals surface area contributed by atoms with Gasteiger partial charge in [0.1, 0.15) is 6.73 Å². The number of rotatable bonds is 4. The Kier molecular flexibility index (Phi) is 4.29. The number of carbonyl (C=O) groups excluding carboxylic acids is 1. The average Bonchev–Trinajstić information content (AvgIpc) is 1.83. The molecule has 0 saturated carbocycles. The molecular weight excluding hydrogens is 173 g/mol. The molecule has 0 spiro atoms. The Balaban J connectivity index is 3.55. The van der Waals surface area contributed by atoms with E-state index in [1.54, 1.807) is 0 Å². The summed E-state index contributed by atoms with van der Waals surface area (Å²) < 4.78 is 10.2. The Morgan fingerprint density at radius 1 is 1.45 bits per heavy atom. The van der Waals surface area contributed by atoms with Crippen molar-refractivity contribution in [3.05, 3.63) is 0 Å². The number of amides is 1. The third-order valence-corrected chi connectivity index (χ3v) is 1.71. The van der Waals surface area contributed by atoms with Gasteiger partial charge in [0.05, 0.1) is 6.16 Å². The molecule has 0 heterocycles. The quantitative estimate of drug-likeness (QED) is 0.317. The minimum Gasteiger partial charge on any atom is -0.377 e. The number of nitrogens with one attached hydrogen (secondary N) is 1. The van der Waals surface area contributed by atoms with Crippen LogP contribution in [0.25, 0.3) is 0 Å². The summed E-state index contributed by atoms with van der Waals surface area (Å²) in [5, 5.41) is 10.1. The summed E-state index contributed by atoms with van der Waals surface area (Å²) in [6.07, 6.45) is -0.760. The van der Waals surface area contributed by atoms with Crippen molar-refractivity contribution in [2.75, 3.05) is 12.9 Å². The zero-order chi connectivity index (χ0) is 8.91. The molecule has 0 aromatic carbocycles. The first-order chi connectivity index (χ1) is 4.95. The largest absolute Gasteiger partial charge is 0.377 e. The van der Waals surface area contributed by atoms with Crippen LogP contribution < -0.4 is 5.32 Å². The van der Waals surface area contributed by atoms with Gasteiger partial charge in [-0.3, -0.25) is 9.36 Å². The van der Waals surface area contributed by atoms with E-state index in [1.165, 1.54) is 0 Å². The minimum absolute atomic E-state index is 0.273. The SMILES string of the molecule is O=C(CCP(=O)(O)O)NCO. The van der Waals surface area contributed by atoms with Gasteiger partial charge in [0, 0.05) is 6.42 Å². The van der Waals surface area contributed by atoms with Gasteiger partial charge in [-0.2, -0.15) is 0 Å². The summed E-state index contributed by atoms with van der Waals surface area (Å²) in [4.78, 5) is 27.1. The zero-order valence-corrected chi connectivity index (χ0v) is 6.62. The lowest BCUT2D eigenvalue weighted by atomic mass is 10.5. The van der Waals surface area contributed by atoms with E-state index in [9.17, 15) is 9.36 Å². The molecule has 0 fully saturated rings. The predicted molar refractivity (Wildman–Crippen MR) is 36.8 cm³/mol. The van der Waals surface area contributed by atoms with Crippen molar-refractivity contribution in [2.45, 2.75) is 6.42 Å². The summed E-state index contributed by atoms with van der Waals surface area (Å²) in [7, 11) is -4.09. The van der Waals surface area contributed by atoms with Crippen molar-refractivity contribution in [2.24, 2.45) is 0 Å². The van der Waals surface area contributed by atoms with Crippen LogP contribution in [0.2, 0.25) is 0 Å². The maximum atomic E-state index is 10.5. The standard InChI is InChI=1S/C4H10NO5P/c6-3-5-4(7)1-2-11(8,9)10/h6H,1-3H2,(H,5,7)(H2,8,9,10). The van der Waals surface area contributed by atoms with Crippen LogP contribution in [0.15, 0.2) is 0 Å². The van der Waals surface area contributed by atoms with Gasteiger partial charge in [-0.25, -0.2) is 0 Å². The minimum atomic E-state index is -4.09. The number of hydrogen-bond acceptors (Lipinski definition) is 3. The first-order valence-electron chi connectivity index (χ1n) is 2.88. The van der Waals surface area contributed by atoms with Crippen LogP contribution in [-0.4, -0.2) is 33.7 Å². The smallest absolute Gasteiger partial charge is 0.326 e. The van der Waals surface area contributed by atoms with E-state index < -0.39 is 26.4 Å². The van der Waals surface area contributed by atoms with Gasteiger partial charge < -0.3 is 20.2 Å². The van der Waals surface area contributed by atoms with Crippen molar-refractivity contribution < 1.29 is 24.3 Å². The van der Waals surface area contributed by atoms with Gasteiger partial charge in [0.15, 0.2) is 0 Å². The maximum absolute atomic E-state index is 10.5. The van der Waals surface area contributed by atoms with E-state index in [0.717, 1.165) is 0 Å². The molecule has 4 N–H and O–H groups in total. The summed E-state index contributed by atoms with van der Waals surface area (Å²) in [5.74, 6) is -0.573. The number of hydrogen-bond donors (Lipinski definition) is 4. The van der Waals surface area contributed by atoms with Gasteiger partial charge in [0.2, 0.25) is 5.91 Å². The topological polar surface area (TPSA) is 107 Å². The second-order valence-electron chi connectivity index (χ2n) is 1.90. The first kappa shape index (κ1) is 10.6. The summed E-state index contributed by atoms with van der Waals surface area (Å²) in [5.41, 5.74) is 0. The Morgan fingerprint density at radius 2 is 2.00 bits per heavy atom. The fraction of sp³-hybridized carbons (Fsp3) is 0.750. The molecule has 0 atom stereocenters. The molecule has 0 bridgehead atoms. The lowest BCUT2D eigenvalue weighted by Gasteiger charge is -2.02. The average molecular weight is 183 g/mol. The highest BCUT2D eigenvalue weighted by Crippen LogP contribution is 2.34. The normalized spacial score (nSPS) is 11.2. The predicted octanol–water partition coefficient (Wildman–Crippen LogP) is -1.38. The molecule has 7 heteroatoms. The molecule has 0 unspecified atom stereocenters. The van der Waals surface area contributed by atoms with E-state index in [4.69, 9.17) is 14.9 Å². The third kappa shape index (κ3) is 7.48. The molecule has 0 aliphatic carbocycles. The molecular formula is C4H10NO5P. The van der Waals surface area contributed by atoms with Gasteiger partial charge in [-0.05, 0) is 0 Å². The second-order valence-corrected chi connectivity index (χ2v) is 3.67. The molecule has 66 valence electrons. The molecule has 11 heavy (non-hydrogen) atoms. The lowest BCUT2D eigenvalue weighted by molar-refractivity contribution is -0.121.